The van der Waals surface area contributed by atoms with Gasteiger partial charge in [-0.1, -0.05) is 6.07 Å². The van der Waals surface area contributed by atoms with Crippen LogP contribution in [0.2, 0.25) is 0 Å². The summed E-state index contributed by atoms with van der Waals surface area (Å²) in [7, 11) is 0. The first-order chi connectivity index (χ1) is 7.74. The van der Waals surface area contributed by atoms with Crippen LogP contribution in [0.5, 0.6) is 5.75 Å². The van der Waals surface area contributed by atoms with Crippen molar-refractivity contribution in [3.8, 4) is 5.75 Å². The Morgan fingerprint density at radius 2 is 2.25 bits per heavy atom. The zero-order valence-corrected chi connectivity index (χ0v) is 8.93. The first-order valence-corrected chi connectivity index (χ1v) is 4.97. The van der Waals surface area contributed by atoms with Crippen LogP contribution in [0.3, 0.4) is 0 Å². The molecule has 4 heteroatoms. The van der Waals surface area contributed by atoms with Gasteiger partial charge in [0, 0.05) is 18.5 Å². The van der Waals surface area contributed by atoms with Crippen LogP contribution >= 0.6 is 0 Å². The number of aromatic nitrogens is 2. The Bertz CT molecular complexity index is 517. The summed E-state index contributed by atoms with van der Waals surface area (Å²) in [6.07, 6.45) is 3.34. The second kappa shape index (κ2) is 4.61. The second-order valence-corrected chi connectivity index (χ2v) is 3.50. The summed E-state index contributed by atoms with van der Waals surface area (Å²) < 4.78 is 5.43. The number of nitrogens with zero attached hydrogens (tertiary/aromatic N) is 1. The van der Waals surface area contributed by atoms with Crippen LogP contribution in [-0.2, 0) is 6.61 Å². The highest BCUT2D eigenvalue weighted by atomic mass is 16.5. The molecule has 0 aliphatic rings. The molecule has 0 fully saturated rings. The van der Waals surface area contributed by atoms with Gasteiger partial charge in [0.05, 0.1) is 5.69 Å². The molecule has 2 aromatic heterocycles. The van der Waals surface area contributed by atoms with Crippen molar-refractivity contribution in [2.75, 3.05) is 0 Å². The maximum absolute atomic E-state index is 11.0. The highest BCUT2D eigenvalue weighted by Crippen LogP contribution is 2.07. The third-order valence-corrected chi connectivity index (χ3v) is 2.11. The average Bonchev–Trinajstić information content (AvgIpc) is 2.28. The molecule has 0 aliphatic carbocycles. The maximum atomic E-state index is 11.0. The molecule has 4 nitrogen and oxygen atoms in total. The molecule has 0 saturated heterocycles. The Kier molecular flexibility index (Phi) is 3.00. The number of aromatic amines is 1. The minimum Gasteiger partial charge on any atom is -0.487 e. The van der Waals surface area contributed by atoms with Crippen molar-refractivity contribution in [1.82, 2.24) is 9.97 Å². The summed E-state index contributed by atoms with van der Waals surface area (Å²) in [4.78, 5) is 17.7. The molecule has 1 N–H and O–H groups in total. The number of H-pyrrole nitrogens is 1. The van der Waals surface area contributed by atoms with Gasteiger partial charge in [-0.05, 0) is 24.6 Å². The van der Waals surface area contributed by atoms with E-state index in [0.717, 1.165) is 11.3 Å². The summed E-state index contributed by atoms with van der Waals surface area (Å²) in [5, 5.41) is 0. The lowest BCUT2D eigenvalue weighted by Gasteiger charge is -2.04. The maximum Gasteiger partial charge on any atom is 0.251 e. The number of aryl methyl sites for hydroxylation is 1. The van der Waals surface area contributed by atoms with E-state index in [4.69, 9.17) is 4.74 Å². The van der Waals surface area contributed by atoms with E-state index in [1.54, 1.807) is 18.5 Å². The van der Waals surface area contributed by atoms with E-state index in [1.165, 1.54) is 6.07 Å². The van der Waals surface area contributed by atoms with Gasteiger partial charge in [-0.3, -0.25) is 9.78 Å². The molecule has 2 rings (SSSR count). The van der Waals surface area contributed by atoms with Gasteiger partial charge in [0.25, 0.3) is 5.56 Å². The SMILES string of the molecule is Cc1ccc(COc2cc[nH]c(=O)c2)nc1. The van der Waals surface area contributed by atoms with E-state index in [1.807, 2.05) is 19.1 Å². The second-order valence-electron chi connectivity index (χ2n) is 3.50. The summed E-state index contributed by atoms with van der Waals surface area (Å²) in [6, 6.07) is 7.00. The third kappa shape index (κ3) is 2.70. The van der Waals surface area contributed by atoms with Crippen molar-refractivity contribution in [2.24, 2.45) is 0 Å². The number of nitrogens with one attached hydrogen (secondary N) is 1. The summed E-state index contributed by atoms with van der Waals surface area (Å²) in [5.41, 5.74) is 1.78. The van der Waals surface area contributed by atoms with Gasteiger partial charge in [0.2, 0.25) is 0 Å². The highest BCUT2D eigenvalue weighted by molar-refractivity contribution is 5.18. The molecular weight excluding hydrogens is 204 g/mol. The Hall–Kier alpha value is -2.10. The van der Waals surface area contributed by atoms with Gasteiger partial charge in [0.15, 0.2) is 0 Å². The predicted molar refractivity (Wildman–Crippen MR) is 60.4 cm³/mol. The van der Waals surface area contributed by atoms with Crippen LogP contribution in [0.25, 0.3) is 0 Å². The quantitative estimate of drug-likeness (QED) is 0.848. The van der Waals surface area contributed by atoms with Gasteiger partial charge in [0.1, 0.15) is 12.4 Å². The molecule has 0 unspecified atom stereocenters. The molecule has 0 atom stereocenters. The molecule has 0 spiro atoms. The van der Waals surface area contributed by atoms with Crippen LogP contribution in [0.15, 0.2) is 41.5 Å². The van der Waals surface area contributed by atoms with Crippen LogP contribution in [0.4, 0.5) is 0 Å². The van der Waals surface area contributed by atoms with E-state index in [0.29, 0.717) is 12.4 Å². The van der Waals surface area contributed by atoms with Crippen LogP contribution in [0.1, 0.15) is 11.3 Å². The number of ether oxygens (including phenoxy) is 1. The number of hydrogen-bond acceptors (Lipinski definition) is 3. The normalized spacial score (nSPS) is 10.1. The van der Waals surface area contributed by atoms with Gasteiger partial charge in [-0.15, -0.1) is 0 Å². The fourth-order valence-electron chi connectivity index (χ4n) is 1.26. The molecule has 0 amide bonds. The van der Waals surface area contributed by atoms with E-state index < -0.39 is 0 Å². The fraction of sp³-hybridized carbons (Fsp3) is 0.167. The minimum absolute atomic E-state index is 0.172. The van der Waals surface area contributed by atoms with E-state index in [2.05, 4.69) is 9.97 Å². The Morgan fingerprint density at radius 1 is 1.38 bits per heavy atom. The van der Waals surface area contributed by atoms with E-state index in [-0.39, 0.29) is 5.56 Å². The molecule has 0 bridgehead atoms. The minimum atomic E-state index is -0.172. The lowest BCUT2D eigenvalue weighted by atomic mass is 10.3. The molecule has 0 radical (unpaired) electrons. The first kappa shape index (κ1) is 10.4. The zero-order valence-electron chi connectivity index (χ0n) is 8.93. The van der Waals surface area contributed by atoms with Crippen molar-refractivity contribution in [2.45, 2.75) is 13.5 Å². The van der Waals surface area contributed by atoms with Crippen molar-refractivity contribution in [3.63, 3.8) is 0 Å². The fourth-order valence-corrected chi connectivity index (χ4v) is 1.26. The Balaban J connectivity index is 2.02. The van der Waals surface area contributed by atoms with Crippen molar-refractivity contribution in [3.05, 3.63) is 58.3 Å². The van der Waals surface area contributed by atoms with Crippen LogP contribution in [0, 0.1) is 6.92 Å². The zero-order chi connectivity index (χ0) is 11.4. The number of rotatable bonds is 3. The molecule has 2 heterocycles. The van der Waals surface area contributed by atoms with E-state index in [9.17, 15) is 4.79 Å². The lowest BCUT2D eigenvalue weighted by Crippen LogP contribution is -2.05. The molecular formula is C12H12N2O2. The summed E-state index contributed by atoms with van der Waals surface area (Å²) in [5.74, 6) is 0.547. The van der Waals surface area contributed by atoms with Gasteiger partial charge in [-0.25, -0.2) is 0 Å². The van der Waals surface area contributed by atoms with E-state index >= 15 is 0 Å². The van der Waals surface area contributed by atoms with Crippen molar-refractivity contribution < 1.29 is 4.74 Å². The molecule has 82 valence electrons. The first-order valence-electron chi connectivity index (χ1n) is 4.97. The molecule has 2 aromatic rings. The molecule has 0 aromatic carbocycles. The van der Waals surface area contributed by atoms with Gasteiger partial charge >= 0.3 is 0 Å². The topological polar surface area (TPSA) is 55.0 Å². The van der Waals surface area contributed by atoms with Crippen molar-refractivity contribution in [1.29, 1.82) is 0 Å². The molecule has 16 heavy (non-hydrogen) atoms. The highest BCUT2D eigenvalue weighted by Gasteiger charge is 1.97. The standard InChI is InChI=1S/C12H12N2O2/c1-9-2-3-10(14-7-9)8-16-11-4-5-13-12(15)6-11/h2-7H,8H2,1H3,(H,13,15). The summed E-state index contributed by atoms with van der Waals surface area (Å²) >= 11 is 0. The summed E-state index contributed by atoms with van der Waals surface area (Å²) in [6.45, 7) is 2.35. The largest absolute Gasteiger partial charge is 0.487 e. The molecule has 0 aliphatic heterocycles. The van der Waals surface area contributed by atoms with Gasteiger partial charge in [-0.2, -0.15) is 0 Å². The Labute approximate surface area is 92.9 Å². The predicted octanol–water partition coefficient (Wildman–Crippen LogP) is 1.66. The third-order valence-electron chi connectivity index (χ3n) is 2.11. The monoisotopic (exact) mass is 216 g/mol. The lowest BCUT2D eigenvalue weighted by molar-refractivity contribution is 0.300. The number of hydrogen-bond donors (Lipinski definition) is 1. The van der Waals surface area contributed by atoms with Crippen LogP contribution < -0.4 is 10.3 Å². The van der Waals surface area contributed by atoms with Crippen molar-refractivity contribution >= 4 is 0 Å². The van der Waals surface area contributed by atoms with Crippen LogP contribution in [-0.4, -0.2) is 9.97 Å². The number of pyridine rings is 2. The molecule has 0 saturated carbocycles. The Morgan fingerprint density at radius 3 is 2.94 bits per heavy atom. The smallest absolute Gasteiger partial charge is 0.251 e. The van der Waals surface area contributed by atoms with Gasteiger partial charge < -0.3 is 9.72 Å². The average molecular weight is 216 g/mol.